The molecule has 1 saturated carbocycles. The Hall–Kier alpha value is -2.67. The van der Waals surface area contributed by atoms with Crippen LogP contribution in [0.25, 0.3) is 32.3 Å². The van der Waals surface area contributed by atoms with Crippen molar-refractivity contribution in [2.24, 2.45) is 21.6 Å². The maximum Gasteiger partial charge on any atom is 0.129 e. The zero-order valence-corrected chi connectivity index (χ0v) is 25.2. The van der Waals surface area contributed by atoms with Gasteiger partial charge in [-0.05, 0) is 95.3 Å². The zero-order chi connectivity index (χ0) is 28.0. The van der Waals surface area contributed by atoms with E-state index in [1.54, 1.807) is 23.5 Å². The molecule has 3 aromatic rings. The van der Waals surface area contributed by atoms with Gasteiger partial charge in [0.15, 0.2) is 0 Å². The Labute approximate surface area is 240 Å². The lowest BCUT2D eigenvalue weighted by atomic mass is 9.60. The Bertz CT molecular complexity index is 1380. The van der Waals surface area contributed by atoms with Crippen molar-refractivity contribution in [3.05, 3.63) is 69.4 Å². The molecule has 206 valence electrons. The maximum absolute atomic E-state index is 13.1. The van der Waals surface area contributed by atoms with E-state index in [4.69, 9.17) is 10.3 Å². The smallest absolute Gasteiger partial charge is 0.129 e. The lowest BCUT2D eigenvalue weighted by molar-refractivity contribution is 0.0987. The van der Waals surface area contributed by atoms with E-state index in [0.29, 0.717) is 26.0 Å². The largest absolute Gasteiger partial charge is 0.493 e. The number of fused-ring (bicyclic) bond motifs is 1. The molecule has 0 radical (unpaired) electrons. The summed E-state index contributed by atoms with van der Waals surface area (Å²) in [5, 5.41) is 10.0. The highest BCUT2D eigenvalue weighted by Gasteiger charge is 2.49. The van der Waals surface area contributed by atoms with Gasteiger partial charge in [-0.25, -0.2) is 0 Å². The SMILES string of the molecule is CCCCOc1cc(C2(N=O)CC(C)CC(C)(CN=[N+]=[N-])C2)c(-c2ccccc2)c2cc(SC)c(SC)cc12. The number of unbranched alkanes of at least 4 members (excludes halogenated alkanes) is 1. The highest BCUT2D eigenvalue weighted by atomic mass is 32.2. The number of rotatable bonds is 11. The van der Waals surface area contributed by atoms with Crippen LogP contribution in [0.15, 0.2) is 68.6 Å². The van der Waals surface area contributed by atoms with Gasteiger partial charge in [0.2, 0.25) is 0 Å². The number of thioether (sulfide) groups is 2. The van der Waals surface area contributed by atoms with Crippen LogP contribution in [0.2, 0.25) is 0 Å². The number of ether oxygens (including phenoxy) is 1. The van der Waals surface area contributed by atoms with Crippen molar-refractivity contribution in [2.75, 3.05) is 25.7 Å². The van der Waals surface area contributed by atoms with E-state index in [1.807, 2.05) is 18.2 Å². The molecule has 0 bridgehead atoms. The third kappa shape index (κ3) is 6.08. The Morgan fingerprint density at radius 2 is 1.77 bits per heavy atom. The van der Waals surface area contributed by atoms with Crippen molar-refractivity contribution in [3.8, 4) is 16.9 Å². The number of nitroso groups, excluding NO2 is 1. The molecule has 0 heterocycles. The monoisotopic (exact) mass is 562 g/mol. The minimum atomic E-state index is -0.975. The summed E-state index contributed by atoms with van der Waals surface area (Å²) in [5.41, 5.74) is 10.8. The lowest BCUT2D eigenvalue weighted by Crippen LogP contribution is -2.41. The van der Waals surface area contributed by atoms with Crippen molar-refractivity contribution in [1.29, 1.82) is 0 Å². The van der Waals surface area contributed by atoms with Crippen LogP contribution in [0, 0.1) is 16.2 Å². The Morgan fingerprint density at radius 1 is 1.08 bits per heavy atom. The fourth-order valence-electron chi connectivity index (χ4n) is 6.43. The molecule has 0 amide bonds. The number of hydrogen-bond donors (Lipinski definition) is 0. The van der Waals surface area contributed by atoms with E-state index >= 15 is 0 Å². The van der Waals surface area contributed by atoms with Gasteiger partial charge in [0.25, 0.3) is 0 Å². The summed E-state index contributed by atoms with van der Waals surface area (Å²) in [7, 11) is 0. The van der Waals surface area contributed by atoms with Crippen LogP contribution in [0.5, 0.6) is 5.75 Å². The van der Waals surface area contributed by atoms with Crippen molar-refractivity contribution >= 4 is 34.3 Å². The first-order chi connectivity index (χ1) is 18.8. The zero-order valence-electron chi connectivity index (χ0n) is 23.6. The van der Waals surface area contributed by atoms with Crippen LogP contribution < -0.4 is 4.74 Å². The van der Waals surface area contributed by atoms with Gasteiger partial charge < -0.3 is 4.74 Å². The van der Waals surface area contributed by atoms with Gasteiger partial charge in [-0.15, -0.1) is 28.4 Å². The molecule has 0 aliphatic heterocycles. The summed E-state index contributed by atoms with van der Waals surface area (Å²) in [5.74, 6) is 1.04. The standard InChI is InChI=1S/C31H38N4O2S2/c1-6-7-13-37-26-16-25(31(34-36)18-21(2)17-30(3,19-31)20-33-35-32)29(22-11-9-8-10-12-22)24-15-28(39-5)27(38-4)14-23(24)26/h8-12,14-16,21H,6-7,13,17-20H2,1-5H3. The van der Waals surface area contributed by atoms with Gasteiger partial charge in [0, 0.05) is 26.6 Å². The van der Waals surface area contributed by atoms with Crippen LogP contribution in [0.3, 0.4) is 0 Å². The molecule has 8 heteroatoms. The molecule has 1 aliphatic rings. The summed E-state index contributed by atoms with van der Waals surface area (Å²) >= 11 is 3.46. The molecule has 0 spiro atoms. The van der Waals surface area contributed by atoms with E-state index in [2.05, 4.69) is 78.8 Å². The summed E-state index contributed by atoms with van der Waals surface area (Å²) < 4.78 is 6.46. The molecule has 3 aromatic carbocycles. The summed E-state index contributed by atoms with van der Waals surface area (Å²) in [6, 6.07) is 16.9. The quantitative estimate of drug-likeness (QED) is 0.0581. The van der Waals surface area contributed by atoms with E-state index in [9.17, 15) is 4.91 Å². The van der Waals surface area contributed by atoms with Crippen LogP contribution in [0.4, 0.5) is 0 Å². The maximum atomic E-state index is 13.1. The minimum Gasteiger partial charge on any atom is -0.493 e. The van der Waals surface area contributed by atoms with Gasteiger partial charge in [0.05, 0.1) is 6.61 Å². The van der Waals surface area contributed by atoms with E-state index in [-0.39, 0.29) is 11.3 Å². The molecule has 3 unspecified atom stereocenters. The summed E-state index contributed by atoms with van der Waals surface area (Å²) in [4.78, 5) is 18.5. The fourth-order valence-corrected chi connectivity index (χ4v) is 7.92. The Balaban J connectivity index is 2.09. The second-order valence-electron chi connectivity index (χ2n) is 11.1. The molecule has 1 aliphatic carbocycles. The van der Waals surface area contributed by atoms with Crippen LogP contribution in [-0.2, 0) is 5.54 Å². The third-order valence-corrected chi connectivity index (χ3v) is 9.54. The van der Waals surface area contributed by atoms with Crippen molar-refractivity contribution in [2.45, 2.75) is 68.2 Å². The average Bonchev–Trinajstić information content (AvgIpc) is 2.95. The van der Waals surface area contributed by atoms with Crippen LogP contribution in [-0.4, -0.2) is 25.7 Å². The first-order valence-corrected chi connectivity index (χ1v) is 16.1. The predicted molar refractivity (Wildman–Crippen MR) is 166 cm³/mol. The van der Waals surface area contributed by atoms with Gasteiger partial charge >= 0.3 is 0 Å². The normalized spacial score (nSPS) is 22.8. The van der Waals surface area contributed by atoms with Crippen LogP contribution >= 0.6 is 23.5 Å². The average molecular weight is 563 g/mol. The highest BCUT2D eigenvalue weighted by molar-refractivity contribution is 8.01. The van der Waals surface area contributed by atoms with Gasteiger partial charge in [0.1, 0.15) is 11.3 Å². The van der Waals surface area contributed by atoms with Crippen molar-refractivity contribution < 1.29 is 4.74 Å². The molecule has 3 atom stereocenters. The van der Waals surface area contributed by atoms with Crippen LogP contribution in [0.1, 0.15) is 58.4 Å². The molecule has 39 heavy (non-hydrogen) atoms. The number of benzene rings is 3. The van der Waals surface area contributed by atoms with Crippen molar-refractivity contribution in [1.82, 2.24) is 0 Å². The lowest BCUT2D eigenvalue weighted by Gasteiger charge is -2.46. The minimum absolute atomic E-state index is 0.236. The van der Waals surface area contributed by atoms with E-state index in [1.165, 1.54) is 9.79 Å². The van der Waals surface area contributed by atoms with Gasteiger partial charge in [-0.2, -0.15) is 0 Å². The molecule has 0 saturated heterocycles. The molecule has 6 nitrogen and oxygen atoms in total. The second kappa shape index (κ2) is 12.7. The molecular formula is C31H38N4O2S2. The summed E-state index contributed by atoms with van der Waals surface area (Å²) in [6.07, 6.45) is 8.23. The fraction of sp³-hybridized carbons (Fsp3) is 0.484. The highest BCUT2D eigenvalue weighted by Crippen LogP contribution is 2.55. The number of azide groups is 1. The molecule has 0 aromatic heterocycles. The first-order valence-electron chi connectivity index (χ1n) is 13.6. The summed E-state index contributed by atoms with van der Waals surface area (Å²) in [6.45, 7) is 7.40. The number of nitrogens with zero attached hydrogens (tertiary/aromatic N) is 4. The Kier molecular flexibility index (Phi) is 9.52. The third-order valence-electron chi connectivity index (χ3n) is 7.86. The van der Waals surface area contributed by atoms with Crippen molar-refractivity contribution in [3.63, 3.8) is 0 Å². The molecular weight excluding hydrogens is 525 g/mol. The number of hydrogen-bond acceptors (Lipinski definition) is 6. The topological polar surface area (TPSA) is 87.4 Å². The van der Waals surface area contributed by atoms with E-state index in [0.717, 1.165) is 52.5 Å². The molecule has 0 N–H and O–H groups in total. The predicted octanol–water partition coefficient (Wildman–Crippen LogP) is 10.2. The van der Waals surface area contributed by atoms with Gasteiger partial charge in [-0.3, -0.25) is 0 Å². The second-order valence-corrected chi connectivity index (χ2v) is 12.8. The molecule has 1 fully saturated rings. The molecule has 4 rings (SSSR count). The first kappa shape index (κ1) is 29.3. The van der Waals surface area contributed by atoms with E-state index < -0.39 is 5.54 Å². The van der Waals surface area contributed by atoms with Gasteiger partial charge in [-0.1, -0.05) is 67.8 Å². The Morgan fingerprint density at radius 3 is 2.38 bits per heavy atom.